The van der Waals surface area contributed by atoms with Crippen LogP contribution in [0.4, 0.5) is 22.7 Å². The number of allylic oxidation sites excluding steroid dienone is 5. The van der Waals surface area contributed by atoms with E-state index < -0.39 is 68.0 Å². The Morgan fingerprint density at radius 3 is 2.12 bits per heavy atom. The predicted octanol–water partition coefficient (Wildman–Crippen LogP) is 6.86. The molecule has 14 nitrogen and oxygen atoms in total. The first kappa shape index (κ1) is 38.6. The molecule has 0 aromatic heterocycles. The number of carbonyl (C=O) groups is 4. The van der Waals surface area contributed by atoms with Gasteiger partial charge in [0.1, 0.15) is 0 Å². The minimum Gasteiger partial charge on any atom is -0.504 e. The lowest BCUT2D eigenvalue weighted by Crippen LogP contribution is -2.59. The number of nitro groups is 2. The number of methoxy groups -OCH3 is 1. The number of benzene rings is 4. The molecule has 0 bridgehead atoms. The van der Waals surface area contributed by atoms with Crippen LogP contribution in [-0.4, -0.2) is 59.5 Å². The van der Waals surface area contributed by atoms with Crippen LogP contribution < -0.4 is 14.5 Å². The van der Waals surface area contributed by atoms with Crippen LogP contribution in [0.25, 0.3) is 11.6 Å². The molecule has 4 aliphatic rings. The summed E-state index contributed by atoms with van der Waals surface area (Å²) in [5, 5.41) is 34.8. The van der Waals surface area contributed by atoms with Crippen molar-refractivity contribution in [3.63, 3.8) is 0 Å². The largest absolute Gasteiger partial charge is 0.504 e. The Morgan fingerprint density at radius 1 is 0.864 bits per heavy atom. The lowest BCUT2D eigenvalue weighted by molar-refractivity contribution is -0.392. The van der Waals surface area contributed by atoms with Crippen molar-refractivity contribution in [2.45, 2.75) is 18.3 Å². The van der Waals surface area contributed by atoms with Crippen molar-refractivity contribution in [3.05, 3.63) is 152 Å². The molecule has 8 rings (SSSR count). The second-order valence-corrected chi connectivity index (χ2v) is 15.4. The lowest BCUT2D eigenvalue weighted by Gasteiger charge is -2.54. The number of ketones is 2. The fraction of sp³-hybridized carbons (Fsp3) is 0.244. The Morgan fingerprint density at radius 2 is 1.51 bits per heavy atom. The van der Waals surface area contributed by atoms with Crippen LogP contribution in [0.2, 0.25) is 0 Å². The average molecular weight is 795 g/mol. The molecular formula is C45H38N4O10. The van der Waals surface area contributed by atoms with Crippen LogP contribution in [0.3, 0.4) is 0 Å². The Bertz CT molecular complexity index is 2530. The first-order chi connectivity index (χ1) is 28.3. The maximum atomic E-state index is 15.2. The van der Waals surface area contributed by atoms with Gasteiger partial charge < -0.3 is 14.7 Å². The fourth-order valence-corrected chi connectivity index (χ4v) is 9.84. The Hall–Kier alpha value is -7.22. The van der Waals surface area contributed by atoms with Gasteiger partial charge in [-0.1, -0.05) is 90.5 Å². The molecule has 4 aromatic carbocycles. The summed E-state index contributed by atoms with van der Waals surface area (Å²) in [6.45, 7) is 0. The highest BCUT2D eigenvalue weighted by Crippen LogP contribution is 2.61. The maximum absolute atomic E-state index is 15.2. The molecule has 298 valence electrons. The molecule has 6 atom stereocenters. The van der Waals surface area contributed by atoms with E-state index in [1.165, 1.54) is 38.2 Å². The van der Waals surface area contributed by atoms with Gasteiger partial charge in [0.2, 0.25) is 11.8 Å². The molecule has 0 spiro atoms. The van der Waals surface area contributed by atoms with E-state index in [0.29, 0.717) is 22.3 Å². The number of anilines is 2. The first-order valence-electron chi connectivity index (χ1n) is 19.0. The van der Waals surface area contributed by atoms with E-state index in [4.69, 9.17) is 4.74 Å². The molecule has 1 aliphatic heterocycles. The number of amides is 2. The van der Waals surface area contributed by atoms with Gasteiger partial charge >= 0.3 is 11.4 Å². The number of carbonyl (C=O) groups excluding carboxylic acids is 4. The number of phenolic OH excluding ortho intramolecular Hbond substituents is 1. The molecule has 2 amide bonds. The highest BCUT2D eigenvalue weighted by molar-refractivity contribution is 6.31. The monoisotopic (exact) mass is 794 g/mol. The summed E-state index contributed by atoms with van der Waals surface area (Å²) in [4.78, 5) is 84.4. The molecule has 14 heteroatoms. The number of hydrogen-bond acceptors (Lipinski definition) is 11. The van der Waals surface area contributed by atoms with E-state index in [1.54, 1.807) is 60.7 Å². The van der Waals surface area contributed by atoms with Gasteiger partial charge in [0, 0.05) is 43.6 Å². The maximum Gasteiger partial charge on any atom is 0.301 e. The third-order valence-electron chi connectivity index (χ3n) is 12.3. The Balaban J connectivity index is 1.31. The standard InChI is InChI=1S/C45H38N4O10/c1-46(2)41-35(48(55)56)21-28(22-36(41)49(57)58)47-43(53)30-17-16-29-32(40(30)44(47)54)23-34-42(52)31(26-10-6-4-7-11-26)24-39(51)45(34,27-12-8-5-9-13-27)33(29)18-14-25-15-19-37(50)38(20-25)59-3/h4-16,18-22,24,30,32-34,40,50H,17,23H2,1-3H3/t30-,32+,33-,34-,40-,45-/m0/s1. The third-order valence-corrected chi connectivity index (χ3v) is 12.3. The van der Waals surface area contributed by atoms with Crippen molar-refractivity contribution in [3.8, 4) is 11.5 Å². The number of ether oxygens (including phenoxy) is 1. The second-order valence-electron chi connectivity index (χ2n) is 15.4. The number of imide groups is 1. The minimum absolute atomic E-state index is 0.0146. The number of fused-ring (bicyclic) bond motifs is 4. The van der Waals surface area contributed by atoms with Crippen molar-refractivity contribution in [2.75, 3.05) is 31.0 Å². The van der Waals surface area contributed by atoms with Gasteiger partial charge in [-0.2, -0.15) is 0 Å². The fourth-order valence-electron chi connectivity index (χ4n) is 9.84. The highest BCUT2D eigenvalue weighted by atomic mass is 16.6. The molecule has 1 saturated carbocycles. The number of aromatic hydroxyl groups is 1. The summed E-state index contributed by atoms with van der Waals surface area (Å²) in [6, 6.07) is 24.7. The summed E-state index contributed by atoms with van der Waals surface area (Å²) in [7, 11) is 4.26. The van der Waals surface area contributed by atoms with E-state index >= 15 is 9.59 Å². The van der Waals surface area contributed by atoms with Gasteiger partial charge in [-0.05, 0) is 53.7 Å². The first-order valence-corrected chi connectivity index (χ1v) is 19.0. The third kappa shape index (κ3) is 6.01. The molecule has 1 saturated heterocycles. The second kappa shape index (κ2) is 14.6. The van der Waals surface area contributed by atoms with Crippen molar-refractivity contribution < 1.29 is 38.9 Å². The zero-order valence-corrected chi connectivity index (χ0v) is 32.2. The molecule has 3 aliphatic carbocycles. The van der Waals surface area contributed by atoms with Crippen LogP contribution in [0, 0.1) is 49.8 Å². The smallest absolute Gasteiger partial charge is 0.301 e. The Kier molecular flexibility index (Phi) is 9.57. The van der Waals surface area contributed by atoms with Crippen LogP contribution >= 0.6 is 0 Å². The van der Waals surface area contributed by atoms with Gasteiger partial charge in [-0.25, -0.2) is 4.90 Å². The topological polar surface area (TPSA) is 190 Å². The molecule has 2 fully saturated rings. The molecule has 0 radical (unpaired) electrons. The number of phenols is 1. The molecule has 1 N–H and O–H groups in total. The number of nitrogens with zero attached hydrogens (tertiary/aromatic N) is 4. The summed E-state index contributed by atoms with van der Waals surface area (Å²) in [5.74, 6) is -6.42. The van der Waals surface area contributed by atoms with E-state index in [-0.39, 0.29) is 52.9 Å². The van der Waals surface area contributed by atoms with Crippen LogP contribution in [0.15, 0.2) is 115 Å². The molecular weight excluding hydrogens is 757 g/mol. The van der Waals surface area contributed by atoms with Crippen molar-refractivity contribution in [1.29, 1.82) is 0 Å². The SMILES string of the molecule is COc1cc(C=C[C@H]2C3=CC[C@@H]4C(=O)N(c5cc([N+](=O)[O-])c(N(C)C)c([N+](=O)[O-])c5)C(=O)[C@@H]4[C@@H]3C[C@H]3C(=O)C(c4ccccc4)=CC(=O)[C@@]23c2ccccc2)ccc1O. The normalized spacial score (nSPS) is 24.9. The Labute approximate surface area is 338 Å². The quantitative estimate of drug-likeness (QED) is 0.0806. The number of nitro benzene ring substituents is 2. The van der Waals surface area contributed by atoms with Gasteiger partial charge in [-0.3, -0.25) is 39.4 Å². The zero-order chi connectivity index (χ0) is 41.9. The van der Waals surface area contributed by atoms with Gasteiger partial charge in [0.05, 0.1) is 39.9 Å². The van der Waals surface area contributed by atoms with Crippen LogP contribution in [-0.2, 0) is 24.6 Å². The molecule has 0 unspecified atom stereocenters. The number of rotatable bonds is 9. The lowest BCUT2D eigenvalue weighted by atomic mass is 9.45. The van der Waals surface area contributed by atoms with E-state index in [2.05, 4.69) is 0 Å². The van der Waals surface area contributed by atoms with Gasteiger partial charge in [0.15, 0.2) is 28.8 Å². The van der Waals surface area contributed by atoms with Crippen LogP contribution in [0.5, 0.6) is 11.5 Å². The summed E-state index contributed by atoms with van der Waals surface area (Å²) in [6.07, 6.45) is 6.97. The summed E-state index contributed by atoms with van der Waals surface area (Å²) >= 11 is 0. The van der Waals surface area contributed by atoms with Crippen LogP contribution in [0.1, 0.15) is 29.5 Å². The average Bonchev–Trinajstić information content (AvgIpc) is 3.49. The number of hydrogen-bond donors (Lipinski definition) is 1. The van der Waals surface area contributed by atoms with E-state index in [9.17, 15) is 34.9 Å². The van der Waals surface area contributed by atoms with E-state index in [1.807, 2.05) is 30.4 Å². The van der Waals surface area contributed by atoms with Gasteiger partial charge in [0.25, 0.3) is 0 Å². The van der Waals surface area contributed by atoms with Crippen molar-refractivity contribution in [2.24, 2.45) is 29.6 Å². The number of Topliss-reactive ketones (excluding diaryl/α,β-unsaturated/α-hetero) is 1. The molecule has 4 aromatic rings. The predicted molar refractivity (Wildman–Crippen MR) is 218 cm³/mol. The zero-order valence-electron chi connectivity index (χ0n) is 32.2. The highest BCUT2D eigenvalue weighted by Gasteiger charge is 2.65. The van der Waals surface area contributed by atoms with Gasteiger partial charge in [-0.15, -0.1) is 0 Å². The summed E-state index contributed by atoms with van der Waals surface area (Å²) in [5.41, 5.74) is -0.691. The molecule has 59 heavy (non-hydrogen) atoms. The van der Waals surface area contributed by atoms with Crippen molar-refractivity contribution in [1.82, 2.24) is 0 Å². The minimum atomic E-state index is -1.47. The van der Waals surface area contributed by atoms with E-state index in [0.717, 1.165) is 17.0 Å². The summed E-state index contributed by atoms with van der Waals surface area (Å²) < 4.78 is 5.35. The molecule has 1 heterocycles. The van der Waals surface area contributed by atoms with Crippen molar-refractivity contribution >= 4 is 57.8 Å².